The monoisotopic (exact) mass is 138 g/mol. The molecular formula is C9H14O. The van der Waals surface area contributed by atoms with Gasteiger partial charge in [-0.1, -0.05) is 13.0 Å². The van der Waals surface area contributed by atoms with E-state index in [1.54, 1.807) is 0 Å². The molecule has 10 heavy (non-hydrogen) atoms. The minimum absolute atomic E-state index is 0.362. The second-order valence-electron chi connectivity index (χ2n) is 3.09. The fraction of sp³-hybridized carbons (Fsp3) is 0.667. The number of rotatable bonds is 0. The highest BCUT2D eigenvalue weighted by Crippen LogP contribution is 2.24. The summed E-state index contributed by atoms with van der Waals surface area (Å²) in [5.74, 6) is 0.970. The van der Waals surface area contributed by atoms with Gasteiger partial charge >= 0.3 is 0 Å². The van der Waals surface area contributed by atoms with E-state index >= 15 is 0 Å². The van der Waals surface area contributed by atoms with E-state index in [2.05, 4.69) is 6.92 Å². The molecule has 0 unspecified atom stereocenters. The summed E-state index contributed by atoms with van der Waals surface area (Å²) < 4.78 is 0. The summed E-state index contributed by atoms with van der Waals surface area (Å²) in [4.78, 5) is 11.2. The number of hydrogen-bond donors (Lipinski definition) is 0. The van der Waals surface area contributed by atoms with Crippen molar-refractivity contribution >= 4 is 5.78 Å². The van der Waals surface area contributed by atoms with Gasteiger partial charge in [0.25, 0.3) is 0 Å². The van der Waals surface area contributed by atoms with Crippen molar-refractivity contribution in [2.75, 3.05) is 0 Å². The first-order valence-electron chi connectivity index (χ1n) is 3.92. The zero-order chi connectivity index (χ0) is 7.56. The molecule has 56 valence electrons. The Morgan fingerprint density at radius 2 is 2.30 bits per heavy atom. The molecule has 0 aromatic heterocycles. The Morgan fingerprint density at radius 3 is 2.80 bits per heavy atom. The van der Waals surface area contributed by atoms with Crippen LogP contribution in [0.2, 0.25) is 0 Å². The lowest BCUT2D eigenvalue weighted by molar-refractivity contribution is -0.117. The van der Waals surface area contributed by atoms with Crippen LogP contribution >= 0.6 is 0 Å². The van der Waals surface area contributed by atoms with Gasteiger partial charge in [-0.3, -0.25) is 4.79 Å². The summed E-state index contributed by atoms with van der Waals surface area (Å²) >= 11 is 0. The van der Waals surface area contributed by atoms with E-state index in [1.807, 2.05) is 13.0 Å². The number of hydrogen-bond acceptors (Lipinski definition) is 1. The van der Waals surface area contributed by atoms with Crippen LogP contribution < -0.4 is 0 Å². The Hall–Kier alpha value is -0.590. The fourth-order valence-corrected chi connectivity index (χ4v) is 1.40. The van der Waals surface area contributed by atoms with E-state index in [0.29, 0.717) is 11.7 Å². The normalized spacial score (nSPS) is 31.2. The zero-order valence-corrected chi connectivity index (χ0v) is 6.68. The highest BCUT2D eigenvalue weighted by molar-refractivity contribution is 5.96. The maximum absolute atomic E-state index is 11.2. The minimum atomic E-state index is 0.362. The van der Waals surface area contributed by atoms with Crippen LogP contribution in [0.1, 0.15) is 33.1 Å². The van der Waals surface area contributed by atoms with E-state index in [4.69, 9.17) is 0 Å². The molecule has 1 nitrogen and oxygen atoms in total. The van der Waals surface area contributed by atoms with Crippen molar-refractivity contribution in [3.8, 4) is 0 Å². The first-order chi connectivity index (χ1) is 4.74. The molecule has 0 N–H and O–H groups in total. The van der Waals surface area contributed by atoms with Gasteiger partial charge in [0.1, 0.15) is 0 Å². The summed E-state index contributed by atoms with van der Waals surface area (Å²) in [7, 11) is 0. The van der Waals surface area contributed by atoms with Crippen molar-refractivity contribution in [2.24, 2.45) is 5.92 Å². The smallest absolute Gasteiger partial charge is 0.158 e. The quantitative estimate of drug-likeness (QED) is 0.469. The molecular weight excluding hydrogens is 124 g/mol. The van der Waals surface area contributed by atoms with Gasteiger partial charge in [-0.25, -0.2) is 0 Å². The first kappa shape index (κ1) is 7.52. The van der Waals surface area contributed by atoms with E-state index in [0.717, 1.165) is 18.4 Å². The molecule has 1 atom stereocenters. The van der Waals surface area contributed by atoms with Crippen molar-refractivity contribution in [3.63, 3.8) is 0 Å². The topological polar surface area (TPSA) is 17.1 Å². The summed E-state index contributed by atoms with van der Waals surface area (Å²) in [6.45, 7) is 4.09. The van der Waals surface area contributed by atoms with E-state index < -0.39 is 0 Å². The molecule has 1 rings (SSSR count). The average molecular weight is 138 g/mol. The average Bonchev–Trinajstić information content (AvgIpc) is 1.88. The van der Waals surface area contributed by atoms with E-state index in [9.17, 15) is 4.79 Å². The molecule has 0 aromatic carbocycles. The van der Waals surface area contributed by atoms with Crippen LogP contribution in [0.25, 0.3) is 0 Å². The Bertz CT molecular complexity index is 168. The number of carbonyl (C=O) groups excluding carboxylic acids is 1. The van der Waals surface area contributed by atoms with Gasteiger partial charge in [-0.2, -0.15) is 0 Å². The Balaban J connectivity index is 2.61. The van der Waals surface area contributed by atoms with Crippen molar-refractivity contribution < 1.29 is 4.79 Å². The van der Waals surface area contributed by atoms with Crippen molar-refractivity contribution in [3.05, 3.63) is 11.6 Å². The van der Waals surface area contributed by atoms with Gasteiger partial charge in [0.15, 0.2) is 5.78 Å². The van der Waals surface area contributed by atoms with Crippen molar-refractivity contribution in [1.82, 2.24) is 0 Å². The lowest BCUT2D eigenvalue weighted by Gasteiger charge is -2.18. The van der Waals surface area contributed by atoms with Gasteiger partial charge in [0.2, 0.25) is 0 Å². The van der Waals surface area contributed by atoms with Gasteiger partial charge < -0.3 is 0 Å². The summed E-state index contributed by atoms with van der Waals surface area (Å²) in [5, 5.41) is 0. The zero-order valence-electron chi connectivity index (χ0n) is 6.68. The van der Waals surface area contributed by atoms with E-state index in [1.165, 1.54) is 6.42 Å². The summed E-state index contributed by atoms with van der Waals surface area (Å²) in [5.41, 5.74) is 1.04. The van der Waals surface area contributed by atoms with Gasteiger partial charge in [0, 0.05) is 6.42 Å². The molecule has 0 amide bonds. The maximum Gasteiger partial charge on any atom is 0.158 e. The SMILES string of the molecule is C/C=C1\CC[C@@H](C)CC1=O. The second-order valence-corrected chi connectivity index (χ2v) is 3.09. The number of ketones is 1. The van der Waals surface area contributed by atoms with Crippen LogP contribution in [-0.4, -0.2) is 5.78 Å². The molecule has 1 heteroatoms. The molecule has 0 bridgehead atoms. The predicted molar refractivity (Wildman–Crippen MR) is 41.8 cm³/mol. The molecule has 0 aliphatic heterocycles. The fourth-order valence-electron chi connectivity index (χ4n) is 1.40. The largest absolute Gasteiger partial charge is 0.295 e. The molecule has 0 spiro atoms. The van der Waals surface area contributed by atoms with Gasteiger partial charge in [-0.05, 0) is 31.3 Å². The molecule has 1 aliphatic rings. The summed E-state index contributed by atoms with van der Waals surface area (Å²) in [6.07, 6.45) is 4.90. The van der Waals surface area contributed by atoms with Crippen LogP contribution in [0.4, 0.5) is 0 Å². The van der Waals surface area contributed by atoms with Gasteiger partial charge in [0.05, 0.1) is 0 Å². The molecule has 1 fully saturated rings. The van der Waals surface area contributed by atoms with Crippen LogP contribution in [0.3, 0.4) is 0 Å². The van der Waals surface area contributed by atoms with Gasteiger partial charge in [-0.15, -0.1) is 0 Å². The molecule has 0 saturated heterocycles. The van der Waals surface area contributed by atoms with Crippen molar-refractivity contribution in [2.45, 2.75) is 33.1 Å². The third-order valence-corrected chi connectivity index (χ3v) is 2.15. The molecule has 0 aromatic rings. The first-order valence-corrected chi connectivity index (χ1v) is 3.92. The molecule has 0 heterocycles. The third-order valence-electron chi connectivity index (χ3n) is 2.15. The van der Waals surface area contributed by atoms with Crippen LogP contribution in [-0.2, 0) is 4.79 Å². The van der Waals surface area contributed by atoms with Crippen molar-refractivity contribution in [1.29, 1.82) is 0 Å². The predicted octanol–water partition coefficient (Wildman–Crippen LogP) is 2.32. The highest BCUT2D eigenvalue weighted by Gasteiger charge is 2.18. The third kappa shape index (κ3) is 1.47. The lowest BCUT2D eigenvalue weighted by atomic mass is 9.86. The molecule has 1 saturated carbocycles. The molecule has 0 radical (unpaired) electrons. The Morgan fingerprint density at radius 1 is 1.60 bits per heavy atom. The Kier molecular flexibility index (Phi) is 2.25. The highest BCUT2D eigenvalue weighted by atomic mass is 16.1. The minimum Gasteiger partial charge on any atom is -0.295 e. The van der Waals surface area contributed by atoms with Crippen LogP contribution in [0, 0.1) is 5.92 Å². The van der Waals surface area contributed by atoms with E-state index in [-0.39, 0.29) is 0 Å². The maximum atomic E-state index is 11.2. The number of carbonyl (C=O) groups is 1. The number of allylic oxidation sites excluding steroid dienone is 2. The summed E-state index contributed by atoms with van der Waals surface area (Å²) in [6, 6.07) is 0. The molecule has 1 aliphatic carbocycles. The lowest BCUT2D eigenvalue weighted by Crippen LogP contribution is -2.14. The van der Waals surface area contributed by atoms with Crippen LogP contribution in [0.5, 0.6) is 0 Å². The standard InChI is InChI=1S/C9H14O/c1-3-8-5-4-7(2)6-9(8)10/h3,7H,4-6H2,1-2H3/b8-3+/t7-/m1/s1. The second kappa shape index (κ2) is 3.00. The van der Waals surface area contributed by atoms with Crippen LogP contribution in [0.15, 0.2) is 11.6 Å². The Labute approximate surface area is 62.1 Å². The number of Topliss-reactive ketones (excluding diaryl/α,β-unsaturated/α-hetero) is 1.